The van der Waals surface area contributed by atoms with Crippen molar-refractivity contribution in [2.24, 2.45) is 5.92 Å². The number of piperidine rings is 1. The molecular formula is C25H32N2O6. The minimum Gasteiger partial charge on any atom is -0.483 e. The fourth-order valence-electron chi connectivity index (χ4n) is 5.08. The number of nitrogens with zero attached hydrogens (tertiary/aromatic N) is 1. The second kappa shape index (κ2) is 9.17. The maximum atomic E-state index is 12.6. The zero-order valence-electron chi connectivity index (χ0n) is 19.5. The van der Waals surface area contributed by atoms with Crippen LogP contribution in [0.2, 0.25) is 0 Å². The Bertz CT molecular complexity index is 1140. The van der Waals surface area contributed by atoms with E-state index < -0.39 is 17.1 Å². The van der Waals surface area contributed by atoms with Crippen LogP contribution < -0.4 is 15.7 Å². The zero-order valence-corrected chi connectivity index (χ0v) is 19.5. The van der Waals surface area contributed by atoms with Gasteiger partial charge in [0.2, 0.25) is 5.91 Å². The monoisotopic (exact) mass is 456 g/mol. The van der Waals surface area contributed by atoms with Crippen LogP contribution >= 0.6 is 0 Å². The molecule has 33 heavy (non-hydrogen) atoms. The second-order valence-electron chi connectivity index (χ2n) is 9.48. The molecule has 2 amide bonds. The first-order valence-corrected chi connectivity index (χ1v) is 11.6. The van der Waals surface area contributed by atoms with Gasteiger partial charge in [-0.25, -0.2) is 4.79 Å². The van der Waals surface area contributed by atoms with Crippen LogP contribution in [0.4, 0.5) is 0 Å². The first-order chi connectivity index (χ1) is 15.7. The highest BCUT2D eigenvalue weighted by atomic mass is 16.5. The highest BCUT2D eigenvalue weighted by molar-refractivity contribution is 5.89. The average Bonchev–Trinajstić information content (AvgIpc) is 2.78. The van der Waals surface area contributed by atoms with Crippen molar-refractivity contribution >= 4 is 22.8 Å². The largest absolute Gasteiger partial charge is 0.483 e. The van der Waals surface area contributed by atoms with Gasteiger partial charge < -0.3 is 24.5 Å². The molecule has 1 aliphatic heterocycles. The zero-order chi connectivity index (χ0) is 23.8. The predicted octanol–water partition coefficient (Wildman–Crippen LogP) is 2.37. The molecule has 4 rings (SSSR count). The van der Waals surface area contributed by atoms with E-state index in [-0.39, 0.29) is 25.0 Å². The number of nitrogens with one attached hydrogen (secondary N) is 1. The lowest BCUT2D eigenvalue weighted by molar-refractivity contribution is -0.143. The molecule has 2 atom stereocenters. The highest BCUT2D eigenvalue weighted by Crippen LogP contribution is 2.39. The van der Waals surface area contributed by atoms with Crippen molar-refractivity contribution in [3.8, 4) is 5.75 Å². The van der Waals surface area contributed by atoms with Gasteiger partial charge in [0.1, 0.15) is 11.3 Å². The summed E-state index contributed by atoms with van der Waals surface area (Å²) in [6.07, 6.45) is 4.46. The van der Waals surface area contributed by atoms with Gasteiger partial charge in [0.15, 0.2) is 6.61 Å². The predicted molar refractivity (Wildman–Crippen MR) is 123 cm³/mol. The van der Waals surface area contributed by atoms with E-state index in [1.54, 1.807) is 24.0 Å². The first kappa shape index (κ1) is 23.3. The van der Waals surface area contributed by atoms with E-state index in [9.17, 15) is 19.5 Å². The van der Waals surface area contributed by atoms with Crippen LogP contribution in [0.15, 0.2) is 21.3 Å². The van der Waals surface area contributed by atoms with Gasteiger partial charge in [-0.05, 0) is 63.3 Å². The van der Waals surface area contributed by atoms with Crippen molar-refractivity contribution in [1.29, 1.82) is 0 Å². The molecular weight excluding hydrogens is 424 g/mol. The van der Waals surface area contributed by atoms with Gasteiger partial charge in [0, 0.05) is 24.6 Å². The summed E-state index contributed by atoms with van der Waals surface area (Å²) >= 11 is 0. The Morgan fingerprint density at radius 2 is 2.00 bits per heavy atom. The highest BCUT2D eigenvalue weighted by Gasteiger charge is 2.43. The lowest BCUT2D eigenvalue weighted by atomic mass is 9.71. The summed E-state index contributed by atoms with van der Waals surface area (Å²) in [5, 5.41) is 14.1. The van der Waals surface area contributed by atoms with Crippen molar-refractivity contribution in [2.45, 2.75) is 58.5 Å². The van der Waals surface area contributed by atoms with Crippen molar-refractivity contribution in [2.75, 3.05) is 26.2 Å². The number of aliphatic hydroxyl groups is 1. The fourth-order valence-corrected chi connectivity index (χ4v) is 5.08. The third kappa shape index (κ3) is 4.76. The molecule has 0 spiro atoms. The Morgan fingerprint density at radius 3 is 2.79 bits per heavy atom. The van der Waals surface area contributed by atoms with Crippen molar-refractivity contribution in [3.63, 3.8) is 0 Å². The van der Waals surface area contributed by atoms with E-state index >= 15 is 0 Å². The van der Waals surface area contributed by atoms with Crippen molar-refractivity contribution in [1.82, 2.24) is 10.2 Å². The number of aryl methyl sites for hydroxylation is 2. The third-order valence-electron chi connectivity index (χ3n) is 7.23. The van der Waals surface area contributed by atoms with Crippen LogP contribution in [0.3, 0.4) is 0 Å². The summed E-state index contributed by atoms with van der Waals surface area (Å²) in [6, 6.07) is 3.56. The van der Waals surface area contributed by atoms with Gasteiger partial charge in [-0.2, -0.15) is 0 Å². The molecule has 8 heteroatoms. The SMILES string of the molecule is Cc1cc(OCC(=O)NCC(=O)N2CC[C@]3(O)CCCC[C@H]3C2)c2c(C)c(C)c(=O)oc2c1. The van der Waals surface area contributed by atoms with E-state index in [1.807, 2.05) is 13.8 Å². The standard InChI is InChI=1S/C25H32N2O6/c1-15-10-19(23-16(2)17(3)24(30)33-20(23)11-15)32-14-21(28)26-12-22(29)27-9-8-25(31)7-5-4-6-18(25)13-27/h10-11,18,31H,4-9,12-14H2,1-3H3,(H,26,28)/t18-,25+/m0/s1. The van der Waals surface area contributed by atoms with Gasteiger partial charge in [-0.15, -0.1) is 0 Å². The smallest absolute Gasteiger partial charge is 0.339 e. The molecule has 8 nitrogen and oxygen atoms in total. The Balaban J connectivity index is 1.35. The van der Waals surface area contributed by atoms with E-state index in [1.165, 1.54) is 0 Å². The normalized spacial score (nSPS) is 22.7. The Kier molecular flexibility index (Phi) is 6.47. The molecule has 1 aliphatic carbocycles. The summed E-state index contributed by atoms with van der Waals surface area (Å²) in [4.78, 5) is 38.8. The number of fused-ring (bicyclic) bond motifs is 2. The molecule has 2 N–H and O–H groups in total. The Morgan fingerprint density at radius 1 is 1.21 bits per heavy atom. The van der Waals surface area contributed by atoms with Gasteiger partial charge >= 0.3 is 5.63 Å². The second-order valence-corrected chi connectivity index (χ2v) is 9.48. The number of carbonyl (C=O) groups excluding carboxylic acids is 2. The molecule has 2 aromatic rings. The molecule has 0 radical (unpaired) electrons. The summed E-state index contributed by atoms with van der Waals surface area (Å²) in [7, 11) is 0. The molecule has 2 heterocycles. The summed E-state index contributed by atoms with van der Waals surface area (Å²) in [5.41, 5.74) is 1.47. The number of ether oxygens (including phenoxy) is 1. The fraction of sp³-hybridized carbons (Fsp3) is 0.560. The van der Waals surface area contributed by atoms with E-state index in [0.29, 0.717) is 41.8 Å². The van der Waals surface area contributed by atoms with E-state index in [0.717, 1.165) is 36.8 Å². The number of carbonyl (C=O) groups is 2. The van der Waals surface area contributed by atoms with Crippen LogP contribution in [0.25, 0.3) is 11.0 Å². The quantitative estimate of drug-likeness (QED) is 0.669. The average molecular weight is 457 g/mol. The number of hydrogen-bond acceptors (Lipinski definition) is 6. The number of benzene rings is 1. The molecule has 2 aliphatic rings. The van der Waals surface area contributed by atoms with Crippen LogP contribution in [-0.4, -0.2) is 53.7 Å². The summed E-state index contributed by atoms with van der Waals surface area (Å²) < 4.78 is 11.2. The van der Waals surface area contributed by atoms with Crippen LogP contribution in [0.5, 0.6) is 5.75 Å². The van der Waals surface area contributed by atoms with E-state index in [4.69, 9.17) is 9.15 Å². The molecule has 1 aromatic carbocycles. The number of rotatable bonds is 5. The molecule has 2 fully saturated rings. The molecule has 0 unspecified atom stereocenters. The topological polar surface area (TPSA) is 109 Å². The number of likely N-dealkylation sites (tertiary alicyclic amines) is 1. The Labute approximate surface area is 192 Å². The minimum absolute atomic E-state index is 0.102. The van der Waals surface area contributed by atoms with Gasteiger partial charge in [0.05, 0.1) is 17.5 Å². The van der Waals surface area contributed by atoms with Gasteiger partial charge in [0.25, 0.3) is 5.91 Å². The van der Waals surface area contributed by atoms with Crippen molar-refractivity contribution in [3.05, 3.63) is 39.2 Å². The number of hydrogen-bond donors (Lipinski definition) is 2. The maximum Gasteiger partial charge on any atom is 0.339 e. The lowest BCUT2D eigenvalue weighted by Crippen LogP contribution is -2.56. The van der Waals surface area contributed by atoms with Gasteiger partial charge in [-0.1, -0.05) is 12.8 Å². The van der Waals surface area contributed by atoms with E-state index in [2.05, 4.69) is 5.32 Å². The van der Waals surface area contributed by atoms with Crippen molar-refractivity contribution < 1.29 is 23.8 Å². The molecule has 0 bridgehead atoms. The lowest BCUT2D eigenvalue weighted by Gasteiger charge is -2.47. The minimum atomic E-state index is -0.641. The summed E-state index contributed by atoms with van der Waals surface area (Å²) in [5.74, 6) is 0.0222. The van der Waals surface area contributed by atoms with Crippen LogP contribution in [0, 0.1) is 26.7 Å². The molecule has 1 aromatic heterocycles. The molecule has 178 valence electrons. The molecule has 1 saturated carbocycles. The first-order valence-electron chi connectivity index (χ1n) is 11.6. The Hall–Kier alpha value is -2.87. The molecule has 1 saturated heterocycles. The number of amides is 2. The maximum absolute atomic E-state index is 12.6. The third-order valence-corrected chi connectivity index (χ3v) is 7.23. The van der Waals surface area contributed by atoms with Gasteiger partial charge in [-0.3, -0.25) is 9.59 Å². The van der Waals surface area contributed by atoms with Crippen LogP contribution in [-0.2, 0) is 9.59 Å². The summed E-state index contributed by atoms with van der Waals surface area (Å²) in [6.45, 7) is 6.06. The van der Waals surface area contributed by atoms with Crippen LogP contribution in [0.1, 0.15) is 48.8 Å².